The van der Waals surface area contributed by atoms with Crippen molar-refractivity contribution < 1.29 is 19.4 Å². The first-order valence-electron chi connectivity index (χ1n) is 8.31. The Labute approximate surface area is 161 Å². The Morgan fingerprint density at radius 3 is 2.58 bits per heavy atom. The second-order valence-corrected chi connectivity index (χ2v) is 7.07. The van der Waals surface area contributed by atoms with Gasteiger partial charge in [0.1, 0.15) is 6.10 Å². The Morgan fingerprint density at radius 1 is 1.23 bits per heavy atom. The molecule has 2 aromatic rings. The van der Waals surface area contributed by atoms with Gasteiger partial charge in [0, 0.05) is 36.4 Å². The lowest BCUT2D eigenvalue weighted by atomic mass is 10.0. The van der Waals surface area contributed by atoms with Crippen LogP contribution in [0.25, 0.3) is 0 Å². The van der Waals surface area contributed by atoms with E-state index in [4.69, 9.17) is 32.7 Å². The van der Waals surface area contributed by atoms with Crippen LogP contribution in [0.4, 0.5) is 0 Å². The Bertz CT molecular complexity index is 792. The zero-order chi connectivity index (χ0) is 18.7. The Kier molecular flexibility index (Phi) is 6.01. The molecule has 138 valence electrons. The molecule has 0 bridgehead atoms. The summed E-state index contributed by atoms with van der Waals surface area (Å²) < 4.78 is 11.3. The lowest BCUT2D eigenvalue weighted by molar-refractivity contribution is 0.0991. The van der Waals surface area contributed by atoms with Crippen molar-refractivity contribution in [2.75, 3.05) is 7.11 Å². The smallest absolute Gasteiger partial charge is 0.167 e. The highest BCUT2D eigenvalue weighted by Gasteiger charge is 2.25. The predicted molar refractivity (Wildman–Crippen MR) is 99.6 cm³/mol. The number of aliphatic hydroxyl groups is 1. The Morgan fingerprint density at radius 2 is 1.96 bits per heavy atom. The first-order chi connectivity index (χ1) is 12.5. The molecule has 0 radical (unpaired) electrons. The summed E-state index contributed by atoms with van der Waals surface area (Å²) in [5.41, 5.74) is 1.02. The van der Waals surface area contributed by atoms with Crippen LogP contribution in [0.5, 0.6) is 11.5 Å². The third-order valence-corrected chi connectivity index (χ3v) is 5.08. The lowest BCUT2D eigenvalue weighted by Gasteiger charge is -2.17. The highest BCUT2D eigenvalue weighted by atomic mass is 35.5. The molecule has 0 saturated heterocycles. The van der Waals surface area contributed by atoms with E-state index < -0.39 is 0 Å². The van der Waals surface area contributed by atoms with Crippen LogP contribution >= 0.6 is 23.2 Å². The maximum absolute atomic E-state index is 12.7. The van der Waals surface area contributed by atoms with Crippen molar-refractivity contribution in [1.82, 2.24) is 4.98 Å². The molecular formula is C19H19Cl2NO4. The summed E-state index contributed by atoms with van der Waals surface area (Å²) >= 11 is 12.2. The first kappa shape index (κ1) is 19.0. The third kappa shape index (κ3) is 4.29. The van der Waals surface area contributed by atoms with Crippen LogP contribution in [-0.2, 0) is 6.42 Å². The number of nitrogens with zero attached hydrogens (tertiary/aromatic N) is 1. The molecule has 7 heteroatoms. The van der Waals surface area contributed by atoms with E-state index >= 15 is 0 Å². The van der Waals surface area contributed by atoms with Gasteiger partial charge in [0.05, 0.1) is 23.3 Å². The number of hydrogen-bond acceptors (Lipinski definition) is 5. The van der Waals surface area contributed by atoms with Gasteiger partial charge in [-0.05, 0) is 31.0 Å². The van der Waals surface area contributed by atoms with Crippen molar-refractivity contribution in [3.8, 4) is 11.5 Å². The molecule has 1 fully saturated rings. The number of Topliss-reactive ketones (excluding diaryl/α,β-unsaturated/α-hetero) is 1. The predicted octanol–water partition coefficient (Wildman–Crippen LogP) is 4.11. The molecule has 2 atom stereocenters. The molecule has 1 saturated carbocycles. The monoisotopic (exact) mass is 395 g/mol. The fourth-order valence-electron chi connectivity index (χ4n) is 3.02. The quantitative estimate of drug-likeness (QED) is 0.745. The van der Waals surface area contributed by atoms with Gasteiger partial charge in [-0.15, -0.1) is 0 Å². The topological polar surface area (TPSA) is 68.7 Å². The SMILES string of the molecule is COc1ccc(C(=O)Cc2c(Cl)cncc2Cl)cc1O[C@H]1CC[C@@H](O)C1. The largest absolute Gasteiger partial charge is 0.493 e. The summed E-state index contributed by atoms with van der Waals surface area (Å²) in [7, 11) is 1.55. The van der Waals surface area contributed by atoms with Crippen LogP contribution in [0.15, 0.2) is 30.6 Å². The van der Waals surface area contributed by atoms with Crippen LogP contribution in [-0.4, -0.2) is 35.2 Å². The maximum atomic E-state index is 12.7. The number of aromatic nitrogens is 1. The van der Waals surface area contributed by atoms with Gasteiger partial charge in [-0.2, -0.15) is 0 Å². The highest BCUT2D eigenvalue weighted by Crippen LogP contribution is 2.33. The van der Waals surface area contributed by atoms with Crippen molar-refractivity contribution in [3.05, 3.63) is 51.8 Å². The molecule has 5 nitrogen and oxygen atoms in total. The minimum absolute atomic E-state index is 0.0636. The van der Waals surface area contributed by atoms with Crippen LogP contribution in [0.2, 0.25) is 10.0 Å². The molecule has 0 amide bonds. The van der Waals surface area contributed by atoms with E-state index in [1.165, 1.54) is 12.4 Å². The van der Waals surface area contributed by atoms with E-state index in [-0.39, 0.29) is 24.4 Å². The number of carbonyl (C=O) groups is 1. The van der Waals surface area contributed by atoms with E-state index in [0.29, 0.717) is 45.5 Å². The van der Waals surface area contributed by atoms with Gasteiger partial charge in [0.15, 0.2) is 17.3 Å². The third-order valence-electron chi connectivity index (χ3n) is 4.43. The lowest BCUT2D eigenvalue weighted by Crippen LogP contribution is -2.14. The minimum Gasteiger partial charge on any atom is -0.493 e. The molecule has 1 heterocycles. The molecule has 0 aliphatic heterocycles. The van der Waals surface area contributed by atoms with Crippen molar-refractivity contribution in [2.45, 2.75) is 37.9 Å². The fourth-order valence-corrected chi connectivity index (χ4v) is 3.51. The Balaban J connectivity index is 1.81. The summed E-state index contributed by atoms with van der Waals surface area (Å²) in [5.74, 6) is 0.895. The van der Waals surface area contributed by atoms with Crippen molar-refractivity contribution >= 4 is 29.0 Å². The molecule has 0 spiro atoms. The van der Waals surface area contributed by atoms with Crippen molar-refractivity contribution in [1.29, 1.82) is 0 Å². The number of hydrogen-bond donors (Lipinski definition) is 1. The molecule has 1 aliphatic rings. The number of carbonyl (C=O) groups excluding carboxylic acids is 1. The standard InChI is InChI=1S/C19H19Cl2NO4/c1-25-18-5-2-11(6-19(18)26-13-4-3-12(23)7-13)17(24)8-14-15(20)9-22-10-16(14)21/h2,5-6,9-10,12-13,23H,3-4,7-8H2,1H3/t12-,13+/m1/s1. The first-order valence-corrected chi connectivity index (χ1v) is 9.07. The number of ketones is 1. The molecule has 1 aromatic heterocycles. The number of rotatable bonds is 6. The number of aliphatic hydroxyl groups excluding tert-OH is 1. The molecule has 26 heavy (non-hydrogen) atoms. The fraction of sp³-hybridized carbons (Fsp3) is 0.368. The number of halogens is 2. The number of ether oxygens (including phenoxy) is 2. The van der Waals surface area contributed by atoms with Gasteiger partial charge >= 0.3 is 0 Å². The van der Waals surface area contributed by atoms with Gasteiger partial charge in [-0.3, -0.25) is 9.78 Å². The van der Waals surface area contributed by atoms with Crippen LogP contribution < -0.4 is 9.47 Å². The van der Waals surface area contributed by atoms with Gasteiger partial charge in [-0.25, -0.2) is 0 Å². The second kappa shape index (κ2) is 8.25. The highest BCUT2D eigenvalue weighted by molar-refractivity contribution is 6.36. The molecule has 1 N–H and O–H groups in total. The van der Waals surface area contributed by atoms with Crippen LogP contribution in [0.1, 0.15) is 35.2 Å². The van der Waals surface area contributed by atoms with E-state index in [2.05, 4.69) is 4.98 Å². The summed E-state index contributed by atoms with van der Waals surface area (Å²) in [6, 6.07) is 5.04. The zero-order valence-corrected chi connectivity index (χ0v) is 15.8. The summed E-state index contributed by atoms with van der Waals surface area (Å²) in [6.07, 6.45) is 4.61. The Hall–Kier alpha value is -1.82. The van der Waals surface area contributed by atoms with E-state index in [1.54, 1.807) is 25.3 Å². The summed E-state index contributed by atoms with van der Waals surface area (Å²) in [5, 5.41) is 10.4. The number of pyridine rings is 1. The molecular weight excluding hydrogens is 377 g/mol. The number of benzene rings is 1. The van der Waals surface area contributed by atoms with E-state index in [1.807, 2.05) is 0 Å². The minimum atomic E-state index is -0.341. The van der Waals surface area contributed by atoms with E-state index in [9.17, 15) is 9.90 Å². The average molecular weight is 396 g/mol. The normalized spacial score (nSPS) is 19.4. The van der Waals surface area contributed by atoms with Gasteiger partial charge in [0.2, 0.25) is 0 Å². The number of methoxy groups -OCH3 is 1. The molecule has 3 rings (SSSR count). The van der Waals surface area contributed by atoms with Crippen molar-refractivity contribution in [3.63, 3.8) is 0 Å². The summed E-state index contributed by atoms with van der Waals surface area (Å²) in [4.78, 5) is 16.6. The second-order valence-electron chi connectivity index (χ2n) is 6.25. The molecule has 1 aromatic carbocycles. The van der Waals surface area contributed by atoms with E-state index in [0.717, 1.165) is 6.42 Å². The maximum Gasteiger partial charge on any atom is 0.167 e. The van der Waals surface area contributed by atoms with Crippen LogP contribution in [0.3, 0.4) is 0 Å². The van der Waals surface area contributed by atoms with Crippen molar-refractivity contribution in [2.24, 2.45) is 0 Å². The zero-order valence-electron chi connectivity index (χ0n) is 14.2. The molecule has 0 unspecified atom stereocenters. The van der Waals surface area contributed by atoms with Gasteiger partial charge in [-0.1, -0.05) is 23.2 Å². The van der Waals surface area contributed by atoms with Gasteiger partial charge < -0.3 is 14.6 Å². The summed E-state index contributed by atoms with van der Waals surface area (Å²) in [6.45, 7) is 0. The van der Waals surface area contributed by atoms with Gasteiger partial charge in [0.25, 0.3) is 0 Å². The average Bonchev–Trinajstić information content (AvgIpc) is 3.03. The van der Waals surface area contributed by atoms with Crippen LogP contribution in [0, 0.1) is 0 Å². The molecule has 1 aliphatic carbocycles.